The zero-order chi connectivity index (χ0) is 87.9. The van der Waals surface area contributed by atoms with Crippen LogP contribution in [0.1, 0.15) is 96.8 Å². The summed E-state index contributed by atoms with van der Waals surface area (Å²) >= 11 is 49.9. The first-order valence-electron chi connectivity index (χ1n) is 41.0. The van der Waals surface area contributed by atoms with Crippen molar-refractivity contribution >= 4 is 151 Å². The fourth-order valence-electron chi connectivity index (χ4n) is 13.5. The Hall–Kier alpha value is -12.0. The highest BCUT2D eigenvalue weighted by molar-refractivity contribution is 6.38. The monoisotopic (exact) mass is 1840 g/mol. The maximum atomic E-state index is 8.87. The van der Waals surface area contributed by atoms with Crippen LogP contribution in [0.2, 0.25) is 40.2 Å². The average Bonchev–Trinajstić information content (AvgIpc) is 1.07. The van der Waals surface area contributed by atoms with Gasteiger partial charge in [-0.3, -0.25) is 0 Å². The molecule has 10 heterocycles. The van der Waals surface area contributed by atoms with Gasteiger partial charge in [0.25, 0.3) is 0 Å². The van der Waals surface area contributed by atoms with E-state index in [9.17, 15) is 0 Å². The number of ether oxygens (including phenoxy) is 1. The largest absolute Gasteiger partial charge is 0.378 e. The van der Waals surface area contributed by atoms with Crippen LogP contribution in [0.3, 0.4) is 0 Å². The molecular weight excluding hydrogens is 1760 g/mol. The van der Waals surface area contributed by atoms with Crippen molar-refractivity contribution in [2.75, 3.05) is 157 Å². The zero-order valence-corrected chi connectivity index (χ0v) is 74.3. The lowest BCUT2D eigenvalue weighted by molar-refractivity contribution is 0.122. The van der Waals surface area contributed by atoms with Crippen molar-refractivity contribution in [1.29, 1.82) is 21.0 Å². The van der Waals surface area contributed by atoms with Crippen LogP contribution >= 0.6 is 92.8 Å². The molecule has 2 saturated carbocycles. The summed E-state index contributed by atoms with van der Waals surface area (Å²) in [5.41, 5.74) is 7.26. The Kier molecular flexibility index (Phi) is 34.1. The van der Waals surface area contributed by atoms with Gasteiger partial charge in [-0.1, -0.05) is 112 Å². The van der Waals surface area contributed by atoms with Crippen LogP contribution in [-0.4, -0.2) is 165 Å². The maximum absolute atomic E-state index is 8.87. The zero-order valence-electron chi connectivity index (χ0n) is 68.3. The van der Waals surface area contributed by atoms with Gasteiger partial charge in [0, 0.05) is 206 Å². The predicted molar refractivity (Wildman–Crippen MR) is 504 cm³/mol. The summed E-state index contributed by atoms with van der Waals surface area (Å²) in [6.07, 6.45) is 15.4. The van der Waals surface area contributed by atoms with E-state index in [1.807, 2.05) is 42.5 Å². The summed E-state index contributed by atoms with van der Waals surface area (Å²) in [4.78, 5) is 59.1. The molecule has 36 heteroatoms. The Morgan fingerprint density at radius 3 is 0.944 bits per heavy atom. The van der Waals surface area contributed by atoms with Crippen LogP contribution in [0.5, 0.6) is 0 Å². The molecule has 9 N–H and O–H groups in total. The standard InChI is InChI=1S/C24H24Cl2N6.C22H22Cl2N8.C22H21Cl2N7O.C22H20Cl2N6/c25-18-7-8-19(20(26)12-18)24-31-21(17-4-2-1-3-5-17)13-23(32-24)29-11-10-28-22-9-6-16(14-27)15-30-22;23-16-2-3-17(18(24)11-16)22-30-20(12-21(31-22)32-9-7-26-8-10-32)28-6-5-27-19-4-1-15(13-25)14-29-19;23-16-2-3-17(18(24)11-16)22-29-20(12-21(30-22)31-7-9-32-10-8-31)27-6-5-26-19-4-1-15(13-25)14-28-19;23-16-5-6-17(18(24)10-16)22-29-19(15-3-4-15)11-21(30-22)27-9-1-8-26-20-7-2-14(12-25)13-28-20/h6-9,12-13,15,17H,1-5,10-11H2,(H,28,30)(H,29,31,32);1-4,11-12,14,26H,5-10H2,(H,27,29)(H,28,30,31);1-4,11-12,14H,5-10H2,(H,26,28)(H,27,29,30);2,5-7,10-11,13,15H,1,3-4,8-9H2,(H,26,28)(H,27,29,30). The van der Waals surface area contributed by atoms with Crippen molar-refractivity contribution < 1.29 is 4.74 Å². The molecule has 2 aliphatic carbocycles. The molecule has 0 bridgehead atoms. The van der Waals surface area contributed by atoms with Crippen molar-refractivity contribution in [3.05, 3.63) is 244 Å². The van der Waals surface area contributed by atoms with Gasteiger partial charge in [0.15, 0.2) is 23.3 Å². The van der Waals surface area contributed by atoms with Crippen LogP contribution in [0.4, 0.5) is 58.2 Å². The molecule has 4 aliphatic rings. The van der Waals surface area contributed by atoms with Crippen LogP contribution in [0.15, 0.2) is 170 Å². The number of benzene rings is 4. The van der Waals surface area contributed by atoms with E-state index < -0.39 is 0 Å². The van der Waals surface area contributed by atoms with Gasteiger partial charge >= 0.3 is 0 Å². The minimum absolute atomic E-state index is 0.443. The molecule has 126 heavy (non-hydrogen) atoms. The summed E-state index contributed by atoms with van der Waals surface area (Å²) in [7, 11) is 0. The molecule has 0 atom stereocenters. The van der Waals surface area contributed by atoms with Crippen molar-refractivity contribution in [2.45, 2.75) is 63.2 Å². The molecular formula is C90H87Cl8N27O. The molecule has 12 aromatic rings. The second kappa shape index (κ2) is 46.8. The lowest BCUT2D eigenvalue weighted by Gasteiger charge is -2.29. The van der Waals surface area contributed by atoms with Gasteiger partial charge in [-0.15, -0.1) is 0 Å². The first-order valence-corrected chi connectivity index (χ1v) is 44.0. The predicted octanol–water partition coefficient (Wildman–Crippen LogP) is 19.5. The number of hydrogen-bond acceptors (Lipinski definition) is 28. The van der Waals surface area contributed by atoms with Crippen molar-refractivity contribution in [1.82, 2.24) is 65.1 Å². The molecule has 644 valence electrons. The second-order valence-electron chi connectivity index (χ2n) is 29.3. The van der Waals surface area contributed by atoms with E-state index in [0.29, 0.717) is 179 Å². The lowest BCUT2D eigenvalue weighted by atomic mass is 9.87. The van der Waals surface area contributed by atoms with E-state index in [2.05, 4.69) is 123 Å². The van der Waals surface area contributed by atoms with E-state index in [1.54, 1.807) is 116 Å². The number of nitrogens with one attached hydrogen (secondary N) is 9. The van der Waals surface area contributed by atoms with Gasteiger partial charge in [0.2, 0.25) is 0 Å². The third-order valence-corrected chi connectivity index (χ3v) is 22.3. The number of aromatic nitrogens is 12. The van der Waals surface area contributed by atoms with Crippen LogP contribution in [0.25, 0.3) is 45.6 Å². The van der Waals surface area contributed by atoms with Gasteiger partial charge in [-0.2, -0.15) is 21.0 Å². The molecule has 2 saturated heterocycles. The minimum Gasteiger partial charge on any atom is -0.378 e. The Balaban J connectivity index is 0.000000144. The lowest BCUT2D eigenvalue weighted by Crippen LogP contribution is -2.44. The molecule has 2 aliphatic heterocycles. The summed E-state index contributed by atoms with van der Waals surface area (Å²) in [6.45, 7) is 11.7. The third-order valence-electron chi connectivity index (χ3n) is 20.1. The number of morpholine rings is 1. The smallest absolute Gasteiger partial charge is 0.165 e. The van der Waals surface area contributed by atoms with E-state index in [1.165, 1.54) is 25.5 Å². The molecule has 8 aromatic heterocycles. The fraction of sp³-hybridized carbons (Fsp3) is 0.289. The highest BCUT2D eigenvalue weighted by atomic mass is 35.5. The highest BCUT2D eigenvalue weighted by Gasteiger charge is 2.28. The molecule has 0 radical (unpaired) electrons. The summed E-state index contributed by atoms with van der Waals surface area (Å²) in [5.74, 6) is 10.8. The summed E-state index contributed by atoms with van der Waals surface area (Å²) < 4.78 is 5.47. The molecule has 0 amide bonds. The quantitative estimate of drug-likeness (QED) is 0.0197. The molecule has 28 nitrogen and oxygen atoms in total. The van der Waals surface area contributed by atoms with E-state index in [0.717, 1.165) is 147 Å². The van der Waals surface area contributed by atoms with Crippen LogP contribution < -0.4 is 57.7 Å². The van der Waals surface area contributed by atoms with Crippen molar-refractivity contribution in [2.24, 2.45) is 0 Å². The Morgan fingerprint density at radius 1 is 0.325 bits per heavy atom. The van der Waals surface area contributed by atoms with Gasteiger partial charge in [0.05, 0.1) is 55.6 Å². The number of rotatable bonds is 29. The number of halogens is 8. The number of nitrogens with zero attached hydrogens (tertiary/aromatic N) is 18. The average molecular weight is 1850 g/mol. The molecule has 16 rings (SSSR count). The summed E-state index contributed by atoms with van der Waals surface area (Å²) in [5, 5.41) is 69.6. The topological polar surface area (TPSA) is 374 Å². The van der Waals surface area contributed by atoms with E-state index in [-0.39, 0.29) is 0 Å². The van der Waals surface area contributed by atoms with Crippen LogP contribution in [-0.2, 0) is 4.74 Å². The van der Waals surface area contributed by atoms with E-state index >= 15 is 0 Å². The van der Waals surface area contributed by atoms with Gasteiger partial charge in [-0.25, -0.2) is 59.8 Å². The number of piperazine rings is 1. The van der Waals surface area contributed by atoms with E-state index in [4.69, 9.17) is 144 Å². The minimum atomic E-state index is 0.443. The fourth-order valence-corrected chi connectivity index (χ4v) is 15.4. The summed E-state index contributed by atoms with van der Waals surface area (Å²) in [6, 6.07) is 51.7. The first-order chi connectivity index (χ1) is 61.5. The molecule has 4 fully saturated rings. The normalized spacial score (nSPS) is 13.5. The van der Waals surface area contributed by atoms with Crippen molar-refractivity contribution in [3.63, 3.8) is 0 Å². The van der Waals surface area contributed by atoms with Gasteiger partial charge in [0.1, 0.15) is 82.5 Å². The van der Waals surface area contributed by atoms with Gasteiger partial charge < -0.3 is 62.4 Å². The Bertz CT molecular complexity index is 5400. The Morgan fingerprint density at radius 2 is 0.627 bits per heavy atom. The number of anilines is 10. The third kappa shape index (κ3) is 27.5. The first kappa shape index (κ1) is 91.7. The highest BCUT2D eigenvalue weighted by Crippen LogP contribution is 2.42. The number of hydrogen-bond donors (Lipinski definition) is 9. The molecule has 4 aromatic carbocycles. The molecule has 0 unspecified atom stereocenters. The van der Waals surface area contributed by atoms with Crippen molar-refractivity contribution in [3.8, 4) is 69.8 Å². The Labute approximate surface area is 770 Å². The number of nitriles is 4. The van der Waals surface area contributed by atoms with Gasteiger partial charge in [-0.05, 0) is 153 Å². The SMILES string of the molecule is N#Cc1ccc(NCCCNc2cc(C3CC3)nc(-c3ccc(Cl)cc3Cl)n2)nc1.N#Cc1ccc(NCCNc2cc(C3CCCCC3)nc(-c3ccc(Cl)cc3Cl)n2)nc1.N#Cc1ccc(NCCNc2cc(N3CCNCC3)nc(-c3ccc(Cl)cc3Cl)n2)nc1.N#Cc1ccc(NCCNc2cc(N3CCOCC3)nc(-c3ccc(Cl)cc3Cl)n2)nc1. The molecule has 0 spiro atoms. The maximum Gasteiger partial charge on any atom is 0.165 e. The van der Waals surface area contributed by atoms with Crippen LogP contribution in [0, 0.1) is 45.3 Å². The second-order valence-corrected chi connectivity index (χ2v) is 32.6. The number of pyridine rings is 4.